The molecule has 0 aliphatic carbocycles. The Balaban J connectivity index is 2.51. The molecule has 0 saturated heterocycles. The molecule has 3 N–H and O–H groups in total. The molecule has 1 heterocycles. The van der Waals surface area contributed by atoms with Crippen molar-refractivity contribution in [2.75, 3.05) is 11.9 Å². The zero-order valence-corrected chi connectivity index (χ0v) is 12.4. The number of aromatic nitrogens is 1. The number of hydrogen-bond donors (Lipinski definition) is 3. The highest BCUT2D eigenvalue weighted by Gasteiger charge is 2.13. The van der Waals surface area contributed by atoms with E-state index in [4.69, 9.17) is 16.7 Å². The minimum atomic E-state index is -1.09. The van der Waals surface area contributed by atoms with Crippen molar-refractivity contribution in [1.29, 1.82) is 0 Å². The maximum absolute atomic E-state index is 11.6. The second kappa shape index (κ2) is 6.56. The third-order valence-electron chi connectivity index (χ3n) is 2.25. The number of anilines is 1. The van der Waals surface area contributed by atoms with E-state index in [9.17, 15) is 9.59 Å². The number of rotatable bonds is 5. The summed E-state index contributed by atoms with van der Waals surface area (Å²) in [6, 6.07) is 1.31. The lowest BCUT2D eigenvalue weighted by atomic mass is 10.1. The van der Waals surface area contributed by atoms with Crippen LogP contribution in [0.4, 0.5) is 5.82 Å². The molecule has 0 aliphatic rings. The van der Waals surface area contributed by atoms with Gasteiger partial charge < -0.3 is 15.7 Å². The lowest BCUT2D eigenvalue weighted by Gasteiger charge is -2.20. The quantitative estimate of drug-likeness (QED) is 0.775. The molecule has 0 fully saturated rings. The molecular formula is C13H18ClN3O3. The normalized spacial score (nSPS) is 11.0. The third-order valence-corrected chi connectivity index (χ3v) is 2.54. The van der Waals surface area contributed by atoms with Crippen LogP contribution in [0.5, 0.6) is 0 Å². The Labute approximate surface area is 122 Å². The van der Waals surface area contributed by atoms with Crippen LogP contribution in [-0.2, 0) is 4.79 Å². The Morgan fingerprint density at radius 3 is 2.55 bits per heavy atom. The molecule has 1 rings (SSSR count). The van der Waals surface area contributed by atoms with E-state index in [0.29, 0.717) is 12.4 Å². The highest BCUT2D eigenvalue weighted by molar-refractivity contribution is 6.33. The molecule has 0 saturated carbocycles. The van der Waals surface area contributed by atoms with Crippen LogP contribution in [0.25, 0.3) is 0 Å². The first-order valence-corrected chi connectivity index (χ1v) is 6.50. The maximum atomic E-state index is 11.6. The Bertz CT molecular complexity index is 512. The van der Waals surface area contributed by atoms with E-state index < -0.39 is 5.97 Å². The van der Waals surface area contributed by atoms with Crippen LogP contribution in [0, 0.1) is 0 Å². The molecule has 0 aromatic carbocycles. The average Bonchev–Trinajstić information content (AvgIpc) is 2.28. The summed E-state index contributed by atoms with van der Waals surface area (Å²) in [6.45, 7) is 6.07. The van der Waals surface area contributed by atoms with Crippen molar-refractivity contribution < 1.29 is 14.7 Å². The SMILES string of the molecule is CC(C)(C)NC(=O)CCNc1ncc(C(=O)O)cc1Cl. The molecule has 0 radical (unpaired) electrons. The molecule has 1 aromatic heterocycles. The van der Waals surface area contributed by atoms with Crippen molar-refractivity contribution in [1.82, 2.24) is 10.3 Å². The summed E-state index contributed by atoms with van der Waals surface area (Å²) in [6.07, 6.45) is 1.49. The van der Waals surface area contributed by atoms with Crippen molar-refractivity contribution in [3.63, 3.8) is 0 Å². The molecule has 1 amide bonds. The number of amides is 1. The summed E-state index contributed by atoms with van der Waals surface area (Å²) in [4.78, 5) is 26.2. The molecule has 0 spiro atoms. The molecule has 0 unspecified atom stereocenters. The van der Waals surface area contributed by atoms with Crippen LogP contribution in [0.1, 0.15) is 37.6 Å². The topological polar surface area (TPSA) is 91.3 Å². The van der Waals surface area contributed by atoms with E-state index >= 15 is 0 Å². The standard InChI is InChI=1S/C13H18ClN3O3/c1-13(2,3)17-10(18)4-5-15-11-9(14)6-8(7-16-11)12(19)20/h6-7H,4-5H2,1-3H3,(H,15,16)(H,17,18)(H,19,20). The first-order valence-electron chi connectivity index (χ1n) is 6.13. The van der Waals surface area contributed by atoms with Crippen molar-refractivity contribution in [2.24, 2.45) is 0 Å². The molecule has 0 aliphatic heterocycles. The Hall–Kier alpha value is -1.82. The van der Waals surface area contributed by atoms with Gasteiger partial charge in [0.15, 0.2) is 0 Å². The summed E-state index contributed by atoms with van der Waals surface area (Å²) >= 11 is 5.91. The van der Waals surface area contributed by atoms with Gasteiger partial charge in [0.25, 0.3) is 0 Å². The van der Waals surface area contributed by atoms with Gasteiger partial charge in [-0.15, -0.1) is 0 Å². The Morgan fingerprint density at radius 2 is 2.05 bits per heavy atom. The summed E-state index contributed by atoms with van der Waals surface area (Å²) in [5.41, 5.74) is -0.248. The Kier molecular flexibility index (Phi) is 5.33. The fourth-order valence-corrected chi connectivity index (χ4v) is 1.69. The highest BCUT2D eigenvalue weighted by Crippen LogP contribution is 2.19. The van der Waals surface area contributed by atoms with Crippen LogP contribution < -0.4 is 10.6 Å². The summed E-state index contributed by atoms with van der Waals surface area (Å²) in [5, 5.41) is 14.7. The fourth-order valence-electron chi connectivity index (χ4n) is 1.46. The fraction of sp³-hybridized carbons (Fsp3) is 0.462. The number of aromatic carboxylic acids is 1. The van der Waals surface area contributed by atoms with Gasteiger partial charge in [-0.1, -0.05) is 11.6 Å². The monoisotopic (exact) mass is 299 g/mol. The van der Waals surface area contributed by atoms with Gasteiger partial charge in [-0.25, -0.2) is 9.78 Å². The van der Waals surface area contributed by atoms with Crippen molar-refractivity contribution >= 4 is 29.3 Å². The number of halogens is 1. The molecular weight excluding hydrogens is 282 g/mol. The lowest BCUT2D eigenvalue weighted by Crippen LogP contribution is -2.41. The second-order valence-corrected chi connectivity index (χ2v) is 5.74. The zero-order chi connectivity index (χ0) is 15.3. The number of carboxylic acids is 1. The van der Waals surface area contributed by atoms with Crippen molar-refractivity contribution in [3.8, 4) is 0 Å². The molecule has 1 aromatic rings. The molecule has 0 atom stereocenters. The number of nitrogens with zero attached hydrogens (tertiary/aromatic N) is 1. The van der Waals surface area contributed by atoms with Gasteiger partial charge in [-0.05, 0) is 26.8 Å². The van der Waals surface area contributed by atoms with E-state index in [1.165, 1.54) is 12.3 Å². The molecule has 0 bridgehead atoms. The molecule has 20 heavy (non-hydrogen) atoms. The number of pyridine rings is 1. The summed E-state index contributed by atoms with van der Waals surface area (Å²) in [7, 11) is 0. The number of carbonyl (C=O) groups is 2. The minimum absolute atomic E-state index is 0.0195. The largest absolute Gasteiger partial charge is 0.478 e. The van der Waals surface area contributed by atoms with Gasteiger partial charge >= 0.3 is 5.97 Å². The van der Waals surface area contributed by atoms with E-state index in [0.717, 1.165) is 0 Å². The summed E-state index contributed by atoms with van der Waals surface area (Å²) in [5.74, 6) is -0.806. The number of nitrogens with one attached hydrogen (secondary N) is 2. The van der Waals surface area contributed by atoms with Crippen LogP contribution >= 0.6 is 11.6 Å². The highest BCUT2D eigenvalue weighted by atomic mass is 35.5. The first-order chi connectivity index (χ1) is 9.19. The second-order valence-electron chi connectivity index (χ2n) is 5.33. The predicted octanol–water partition coefficient (Wildman–Crippen LogP) is 2.15. The third kappa shape index (κ3) is 5.44. The number of hydrogen-bond acceptors (Lipinski definition) is 4. The van der Waals surface area contributed by atoms with Crippen LogP contribution in [0.15, 0.2) is 12.3 Å². The molecule has 110 valence electrons. The van der Waals surface area contributed by atoms with E-state index in [1.54, 1.807) is 0 Å². The zero-order valence-electron chi connectivity index (χ0n) is 11.7. The number of carbonyl (C=O) groups excluding carboxylic acids is 1. The van der Waals surface area contributed by atoms with Gasteiger partial charge in [-0.2, -0.15) is 0 Å². The van der Waals surface area contributed by atoms with Gasteiger partial charge in [0.05, 0.1) is 10.6 Å². The molecule has 6 nitrogen and oxygen atoms in total. The minimum Gasteiger partial charge on any atom is -0.478 e. The van der Waals surface area contributed by atoms with E-state index in [-0.39, 0.29) is 28.5 Å². The van der Waals surface area contributed by atoms with Gasteiger partial charge in [0.1, 0.15) is 5.82 Å². The van der Waals surface area contributed by atoms with Crippen LogP contribution in [0.2, 0.25) is 5.02 Å². The van der Waals surface area contributed by atoms with Crippen molar-refractivity contribution in [2.45, 2.75) is 32.7 Å². The van der Waals surface area contributed by atoms with Crippen molar-refractivity contribution in [3.05, 3.63) is 22.8 Å². The average molecular weight is 300 g/mol. The van der Waals surface area contributed by atoms with Crippen LogP contribution in [0.3, 0.4) is 0 Å². The maximum Gasteiger partial charge on any atom is 0.337 e. The van der Waals surface area contributed by atoms with Gasteiger partial charge in [0.2, 0.25) is 5.91 Å². The summed E-state index contributed by atoms with van der Waals surface area (Å²) < 4.78 is 0. The Morgan fingerprint density at radius 1 is 1.40 bits per heavy atom. The predicted molar refractivity (Wildman–Crippen MR) is 77.2 cm³/mol. The van der Waals surface area contributed by atoms with Gasteiger partial charge in [-0.3, -0.25) is 4.79 Å². The smallest absolute Gasteiger partial charge is 0.337 e. The molecule has 7 heteroatoms. The van der Waals surface area contributed by atoms with E-state index in [1.807, 2.05) is 20.8 Å². The van der Waals surface area contributed by atoms with Crippen LogP contribution in [-0.4, -0.2) is 34.1 Å². The lowest BCUT2D eigenvalue weighted by molar-refractivity contribution is -0.122. The van der Waals surface area contributed by atoms with Gasteiger partial charge in [0, 0.05) is 24.7 Å². The van der Waals surface area contributed by atoms with E-state index in [2.05, 4.69) is 15.6 Å². The number of carboxylic acid groups (broad SMARTS) is 1. The first kappa shape index (κ1) is 16.2.